The van der Waals surface area contributed by atoms with E-state index < -0.39 is 0 Å². The molecule has 0 bridgehead atoms. The maximum atomic E-state index is 6.07. The molecule has 1 aromatic heterocycles. The summed E-state index contributed by atoms with van der Waals surface area (Å²) < 4.78 is 11.0. The van der Waals surface area contributed by atoms with Gasteiger partial charge in [-0.15, -0.1) is 0 Å². The van der Waals surface area contributed by atoms with E-state index in [1.165, 1.54) is 0 Å². The third-order valence-electron chi connectivity index (χ3n) is 4.02. The summed E-state index contributed by atoms with van der Waals surface area (Å²) in [7, 11) is 0. The number of nitrogens with zero attached hydrogens (tertiary/aromatic N) is 2. The summed E-state index contributed by atoms with van der Waals surface area (Å²) in [4.78, 5) is 4.54. The van der Waals surface area contributed by atoms with Crippen LogP contribution in [0.25, 0.3) is 0 Å². The van der Waals surface area contributed by atoms with Crippen molar-refractivity contribution in [1.29, 1.82) is 0 Å². The molecule has 1 aliphatic rings. The number of benzene rings is 1. The topological polar surface area (TPSA) is 74.2 Å². The van der Waals surface area contributed by atoms with Gasteiger partial charge in [-0.2, -0.15) is 4.98 Å². The van der Waals surface area contributed by atoms with Crippen molar-refractivity contribution >= 4 is 0 Å². The van der Waals surface area contributed by atoms with E-state index in [0.717, 1.165) is 23.6 Å². The zero-order chi connectivity index (χ0) is 14.8. The number of ether oxygens (including phenoxy) is 1. The second kappa shape index (κ2) is 5.85. The molecule has 3 rings (SSSR count). The molecule has 0 fully saturated rings. The lowest BCUT2D eigenvalue weighted by molar-refractivity contribution is 0.272. The molecule has 2 heterocycles. The van der Waals surface area contributed by atoms with Crippen LogP contribution in [-0.2, 0) is 6.42 Å². The third-order valence-corrected chi connectivity index (χ3v) is 4.02. The van der Waals surface area contributed by atoms with E-state index in [9.17, 15) is 0 Å². The number of fused-ring (bicyclic) bond motifs is 1. The van der Waals surface area contributed by atoms with Gasteiger partial charge in [0.1, 0.15) is 5.75 Å². The Hall–Kier alpha value is -1.88. The fourth-order valence-corrected chi connectivity index (χ4v) is 2.54. The van der Waals surface area contributed by atoms with Crippen LogP contribution >= 0.6 is 0 Å². The molecule has 112 valence electrons. The van der Waals surface area contributed by atoms with Gasteiger partial charge in [0, 0.05) is 18.0 Å². The zero-order valence-electron chi connectivity index (χ0n) is 12.5. The average Bonchev–Trinajstić information content (AvgIpc) is 2.95. The summed E-state index contributed by atoms with van der Waals surface area (Å²) >= 11 is 0. The largest absolute Gasteiger partial charge is 0.493 e. The Morgan fingerprint density at radius 2 is 2.14 bits per heavy atom. The summed E-state index contributed by atoms with van der Waals surface area (Å²) in [5.41, 5.74) is 7.19. The summed E-state index contributed by atoms with van der Waals surface area (Å²) in [6.45, 7) is 4.87. The molecule has 0 aliphatic carbocycles. The lowest BCUT2D eigenvalue weighted by atomic mass is 9.92. The first-order valence-electron chi connectivity index (χ1n) is 7.45. The van der Waals surface area contributed by atoms with Crippen molar-refractivity contribution in [3.8, 4) is 5.75 Å². The number of hydrogen-bond donors (Lipinski definition) is 1. The summed E-state index contributed by atoms with van der Waals surface area (Å²) in [5, 5.41) is 4.15. The number of nitrogens with two attached hydrogens (primary N) is 1. The van der Waals surface area contributed by atoms with Gasteiger partial charge in [-0.1, -0.05) is 37.2 Å². The van der Waals surface area contributed by atoms with Gasteiger partial charge in [-0.25, -0.2) is 0 Å². The fourth-order valence-electron chi connectivity index (χ4n) is 2.54. The van der Waals surface area contributed by atoms with Crippen molar-refractivity contribution in [2.24, 2.45) is 11.7 Å². The smallest absolute Gasteiger partial charge is 0.228 e. The maximum Gasteiger partial charge on any atom is 0.228 e. The highest BCUT2D eigenvalue weighted by atomic mass is 16.5. The minimum absolute atomic E-state index is 0.0419. The Bertz CT molecular complexity index is 609. The quantitative estimate of drug-likeness (QED) is 0.935. The lowest BCUT2D eigenvalue weighted by Gasteiger charge is -2.23. The highest BCUT2D eigenvalue weighted by Crippen LogP contribution is 2.36. The van der Waals surface area contributed by atoms with Crippen molar-refractivity contribution in [1.82, 2.24) is 10.1 Å². The van der Waals surface area contributed by atoms with Crippen LogP contribution < -0.4 is 10.5 Å². The third kappa shape index (κ3) is 2.93. The van der Waals surface area contributed by atoms with Gasteiger partial charge in [-0.05, 0) is 18.4 Å². The molecular formula is C16H21N3O2. The SMILES string of the molecule is CC(C)C(N)Cc1nc(C2CCOc3ccccc32)no1. The van der Waals surface area contributed by atoms with E-state index >= 15 is 0 Å². The monoisotopic (exact) mass is 287 g/mol. The van der Waals surface area contributed by atoms with Crippen LogP contribution in [0.15, 0.2) is 28.8 Å². The van der Waals surface area contributed by atoms with Crippen molar-refractivity contribution in [2.45, 2.75) is 38.6 Å². The number of para-hydroxylation sites is 1. The Labute approximate surface area is 124 Å². The zero-order valence-corrected chi connectivity index (χ0v) is 12.5. The predicted molar refractivity (Wildman–Crippen MR) is 79.2 cm³/mol. The fraction of sp³-hybridized carbons (Fsp3) is 0.500. The predicted octanol–water partition coefficient (Wildman–Crippen LogP) is 2.51. The molecule has 5 nitrogen and oxygen atoms in total. The van der Waals surface area contributed by atoms with E-state index in [1.54, 1.807) is 0 Å². The number of aromatic nitrogens is 2. The van der Waals surface area contributed by atoms with Gasteiger partial charge >= 0.3 is 0 Å². The molecule has 0 spiro atoms. The first-order chi connectivity index (χ1) is 10.1. The summed E-state index contributed by atoms with van der Waals surface area (Å²) in [6, 6.07) is 8.08. The Balaban J connectivity index is 1.81. The Morgan fingerprint density at radius 1 is 1.33 bits per heavy atom. The number of rotatable bonds is 4. The molecule has 2 N–H and O–H groups in total. The van der Waals surface area contributed by atoms with E-state index in [4.69, 9.17) is 15.0 Å². The maximum absolute atomic E-state index is 6.07. The normalized spacial score (nSPS) is 19.1. The molecular weight excluding hydrogens is 266 g/mol. The van der Waals surface area contributed by atoms with Crippen LogP contribution in [0.3, 0.4) is 0 Å². The molecule has 1 aromatic carbocycles. The highest BCUT2D eigenvalue weighted by Gasteiger charge is 2.27. The van der Waals surface area contributed by atoms with Gasteiger partial charge in [0.25, 0.3) is 0 Å². The van der Waals surface area contributed by atoms with Crippen molar-refractivity contribution in [3.63, 3.8) is 0 Å². The number of hydrogen-bond acceptors (Lipinski definition) is 5. The van der Waals surface area contributed by atoms with Crippen LogP contribution in [0.5, 0.6) is 5.75 Å². The van der Waals surface area contributed by atoms with Gasteiger partial charge < -0.3 is 15.0 Å². The van der Waals surface area contributed by atoms with Gasteiger partial charge in [-0.3, -0.25) is 0 Å². The van der Waals surface area contributed by atoms with Crippen LogP contribution in [0, 0.1) is 5.92 Å². The summed E-state index contributed by atoms with van der Waals surface area (Å²) in [6.07, 6.45) is 1.49. The lowest BCUT2D eigenvalue weighted by Crippen LogP contribution is -2.28. The molecule has 0 amide bonds. The molecule has 0 saturated heterocycles. The molecule has 2 aromatic rings. The average molecular weight is 287 g/mol. The highest BCUT2D eigenvalue weighted by molar-refractivity contribution is 5.40. The van der Waals surface area contributed by atoms with Crippen LogP contribution in [0.2, 0.25) is 0 Å². The molecule has 2 unspecified atom stereocenters. The molecule has 5 heteroatoms. The van der Waals surface area contributed by atoms with E-state index in [-0.39, 0.29) is 12.0 Å². The molecule has 21 heavy (non-hydrogen) atoms. The summed E-state index contributed by atoms with van der Waals surface area (Å²) in [5.74, 6) is 2.80. The second-order valence-corrected chi connectivity index (χ2v) is 5.89. The van der Waals surface area contributed by atoms with Crippen molar-refractivity contribution in [2.75, 3.05) is 6.61 Å². The van der Waals surface area contributed by atoms with Gasteiger partial charge in [0.15, 0.2) is 5.82 Å². The molecule has 1 aliphatic heterocycles. The molecule has 0 radical (unpaired) electrons. The molecule has 2 atom stereocenters. The van der Waals surface area contributed by atoms with Crippen molar-refractivity contribution in [3.05, 3.63) is 41.5 Å². The van der Waals surface area contributed by atoms with Crippen molar-refractivity contribution < 1.29 is 9.26 Å². The standard InChI is InChI=1S/C16H21N3O2/c1-10(2)13(17)9-15-18-16(19-21-15)12-7-8-20-14-6-4-3-5-11(12)14/h3-6,10,12-13H,7-9,17H2,1-2H3. The Kier molecular flexibility index (Phi) is 3.92. The first-order valence-corrected chi connectivity index (χ1v) is 7.45. The van der Waals surface area contributed by atoms with E-state index in [0.29, 0.717) is 24.8 Å². The molecule has 0 saturated carbocycles. The van der Waals surface area contributed by atoms with Gasteiger partial charge in [0.2, 0.25) is 5.89 Å². The minimum atomic E-state index is 0.0419. The van der Waals surface area contributed by atoms with Crippen LogP contribution in [-0.4, -0.2) is 22.8 Å². The first kappa shape index (κ1) is 14.1. The van der Waals surface area contributed by atoms with E-state index in [2.05, 4.69) is 30.1 Å². The minimum Gasteiger partial charge on any atom is -0.493 e. The van der Waals surface area contributed by atoms with Gasteiger partial charge in [0.05, 0.1) is 12.5 Å². The van der Waals surface area contributed by atoms with E-state index in [1.807, 2.05) is 18.2 Å². The Morgan fingerprint density at radius 3 is 2.95 bits per heavy atom. The van der Waals surface area contributed by atoms with Crippen LogP contribution in [0.1, 0.15) is 43.5 Å². The second-order valence-electron chi connectivity index (χ2n) is 5.89. The van der Waals surface area contributed by atoms with Crippen LogP contribution in [0.4, 0.5) is 0 Å².